The first kappa shape index (κ1) is 26.0. The summed E-state index contributed by atoms with van der Waals surface area (Å²) < 4.78 is 11.9. The van der Waals surface area contributed by atoms with Crippen LogP contribution in [0.3, 0.4) is 0 Å². The summed E-state index contributed by atoms with van der Waals surface area (Å²) in [5.41, 5.74) is 1.99. The van der Waals surface area contributed by atoms with Gasteiger partial charge in [0, 0.05) is 26.2 Å². The molecule has 1 heterocycles. The van der Waals surface area contributed by atoms with E-state index in [0.29, 0.717) is 13.1 Å². The third kappa shape index (κ3) is 7.43. The maximum absolute atomic E-state index is 6.34. The number of para-hydroxylation sites is 1. The van der Waals surface area contributed by atoms with Crippen molar-refractivity contribution in [2.45, 2.75) is 51.8 Å². The Labute approximate surface area is 209 Å². The lowest BCUT2D eigenvalue weighted by molar-refractivity contribution is 0.198. The number of aliphatic imine (C=N–C) groups is 1. The quantitative estimate of drug-likeness (QED) is 0.274. The average Bonchev–Trinajstić information content (AvgIpc) is 3.29. The van der Waals surface area contributed by atoms with Crippen LogP contribution < -0.4 is 25.0 Å². The van der Waals surface area contributed by atoms with Crippen LogP contribution >= 0.6 is 24.0 Å². The van der Waals surface area contributed by atoms with Gasteiger partial charge in [-0.05, 0) is 50.8 Å². The number of rotatable bonds is 9. The highest BCUT2D eigenvalue weighted by molar-refractivity contribution is 14.0. The Bertz CT molecular complexity index is 869. The van der Waals surface area contributed by atoms with Crippen molar-refractivity contribution in [2.24, 2.45) is 4.99 Å². The van der Waals surface area contributed by atoms with Gasteiger partial charge in [-0.2, -0.15) is 0 Å². The molecule has 176 valence electrons. The highest BCUT2D eigenvalue weighted by atomic mass is 127. The van der Waals surface area contributed by atoms with E-state index in [1.54, 1.807) is 7.11 Å². The number of aromatic nitrogens is 1. The van der Waals surface area contributed by atoms with Crippen molar-refractivity contribution in [3.63, 3.8) is 0 Å². The fraction of sp³-hybridized carbons (Fsp3) is 0.500. The van der Waals surface area contributed by atoms with E-state index in [0.717, 1.165) is 53.9 Å². The third-order valence-electron chi connectivity index (χ3n) is 5.31. The molecule has 0 unspecified atom stereocenters. The van der Waals surface area contributed by atoms with Gasteiger partial charge in [0.05, 0.1) is 32.0 Å². The van der Waals surface area contributed by atoms with Crippen LogP contribution in [-0.2, 0) is 13.1 Å². The Morgan fingerprint density at radius 3 is 2.56 bits per heavy atom. The summed E-state index contributed by atoms with van der Waals surface area (Å²) in [5.74, 6) is 3.26. The lowest BCUT2D eigenvalue weighted by Crippen LogP contribution is -2.37. The first-order valence-electron chi connectivity index (χ1n) is 11.1. The zero-order valence-corrected chi connectivity index (χ0v) is 21.9. The first-order valence-corrected chi connectivity index (χ1v) is 11.1. The lowest BCUT2D eigenvalue weighted by atomic mass is 10.1. The van der Waals surface area contributed by atoms with Crippen molar-refractivity contribution in [1.82, 2.24) is 15.6 Å². The van der Waals surface area contributed by atoms with Crippen LogP contribution in [0.1, 0.15) is 43.9 Å². The number of pyridine rings is 1. The number of nitrogens with one attached hydrogen (secondary N) is 2. The van der Waals surface area contributed by atoms with Crippen molar-refractivity contribution < 1.29 is 9.47 Å². The maximum Gasteiger partial charge on any atom is 0.191 e. The molecule has 2 N–H and O–H groups in total. The number of anilines is 1. The van der Waals surface area contributed by atoms with E-state index in [1.165, 1.54) is 12.8 Å². The standard InChI is InChI=1S/C24H35N5O2.HI/c1-5-25-24(27-17-19-11-9-15-22(28-19)29(2)3)26-16-18-10-8-14-21(30-4)23(18)31-20-12-6-7-13-20;/h8-11,14-15,20H,5-7,12-13,16-17H2,1-4H3,(H2,25,26,27);1H. The third-order valence-corrected chi connectivity index (χ3v) is 5.31. The summed E-state index contributed by atoms with van der Waals surface area (Å²) in [4.78, 5) is 11.4. The molecule has 0 radical (unpaired) electrons. The molecule has 32 heavy (non-hydrogen) atoms. The van der Waals surface area contributed by atoms with E-state index in [-0.39, 0.29) is 30.1 Å². The van der Waals surface area contributed by atoms with E-state index in [4.69, 9.17) is 14.5 Å². The van der Waals surface area contributed by atoms with E-state index >= 15 is 0 Å². The maximum atomic E-state index is 6.34. The molecule has 1 aromatic carbocycles. The number of nitrogens with zero attached hydrogens (tertiary/aromatic N) is 3. The van der Waals surface area contributed by atoms with Crippen molar-refractivity contribution >= 4 is 35.8 Å². The van der Waals surface area contributed by atoms with Crippen LogP contribution in [0, 0.1) is 0 Å². The second-order valence-corrected chi connectivity index (χ2v) is 7.90. The minimum absolute atomic E-state index is 0. The Morgan fingerprint density at radius 1 is 1.12 bits per heavy atom. The molecule has 3 rings (SSSR count). The predicted molar refractivity (Wildman–Crippen MR) is 142 cm³/mol. The van der Waals surface area contributed by atoms with Crippen molar-refractivity contribution in [2.75, 3.05) is 32.6 Å². The van der Waals surface area contributed by atoms with Gasteiger partial charge in [0.25, 0.3) is 0 Å². The summed E-state index contributed by atoms with van der Waals surface area (Å²) in [5, 5.41) is 6.69. The second-order valence-electron chi connectivity index (χ2n) is 7.90. The molecule has 0 spiro atoms. The van der Waals surface area contributed by atoms with Gasteiger partial charge >= 0.3 is 0 Å². The fourth-order valence-corrected chi connectivity index (χ4v) is 3.65. The SMILES string of the molecule is CCNC(=NCc1cccc(OC)c1OC1CCCC1)NCc1cccc(N(C)C)n1.I. The van der Waals surface area contributed by atoms with Gasteiger partial charge in [0.2, 0.25) is 0 Å². The minimum Gasteiger partial charge on any atom is -0.493 e. The minimum atomic E-state index is 0. The number of hydrogen-bond acceptors (Lipinski definition) is 5. The Kier molecular flexibility index (Phi) is 10.9. The highest BCUT2D eigenvalue weighted by Crippen LogP contribution is 2.35. The number of hydrogen-bond donors (Lipinski definition) is 2. The molecule has 2 aromatic rings. The molecule has 1 aliphatic rings. The van der Waals surface area contributed by atoms with Gasteiger partial charge in [-0.15, -0.1) is 24.0 Å². The van der Waals surface area contributed by atoms with Gasteiger partial charge in [0.1, 0.15) is 5.82 Å². The number of methoxy groups -OCH3 is 1. The monoisotopic (exact) mass is 553 g/mol. The molecule has 7 nitrogen and oxygen atoms in total. The summed E-state index contributed by atoms with van der Waals surface area (Å²) in [7, 11) is 5.67. The van der Waals surface area contributed by atoms with E-state index in [1.807, 2.05) is 49.3 Å². The molecule has 8 heteroatoms. The predicted octanol–water partition coefficient (Wildman–Crippen LogP) is 4.35. The summed E-state index contributed by atoms with van der Waals surface area (Å²) >= 11 is 0. The smallest absolute Gasteiger partial charge is 0.191 e. The number of guanidine groups is 1. The van der Waals surface area contributed by atoms with Crippen LogP contribution in [0.2, 0.25) is 0 Å². The van der Waals surface area contributed by atoms with Gasteiger partial charge in [-0.3, -0.25) is 0 Å². The molecule has 1 aromatic heterocycles. The van der Waals surface area contributed by atoms with E-state index in [2.05, 4.69) is 28.6 Å². The summed E-state index contributed by atoms with van der Waals surface area (Å²) in [6, 6.07) is 12.0. The number of ether oxygens (including phenoxy) is 2. The van der Waals surface area contributed by atoms with Gasteiger partial charge in [-0.25, -0.2) is 9.98 Å². The molecular weight excluding hydrogens is 517 g/mol. The van der Waals surface area contributed by atoms with Crippen LogP contribution in [0.15, 0.2) is 41.4 Å². The van der Waals surface area contributed by atoms with E-state index < -0.39 is 0 Å². The molecule has 0 aliphatic heterocycles. The molecule has 1 saturated carbocycles. The first-order chi connectivity index (χ1) is 15.1. The number of benzene rings is 1. The Morgan fingerprint density at radius 2 is 1.88 bits per heavy atom. The molecule has 0 saturated heterocycles. The largest absolute Gasteiger partial charge is 0.493 e. The fourth-order valence-electron chi connectivity index (χ4n) is 3.65. The summed E-state index contributed by atoms with van der Waals surface area (Å²) in [6.45, 7) is 3.93. The van der Waals surface area contributed by atoms with Gasteiger partial charge in [0.15, 0.2) is 17.5 Å². The Balaban J connectivity index is 0.00000363. The zero-order chi connectivity index (χ0) is 22.1. The average molecular weight is 553 g/mol. The molecule has 1 aliphatic carbocycles. The van der Waals surface area contributed by atoms with Gasteiger partial charge in [-0.1, -0.05) is 18.2 Å². The van der Waals surface area contributed by atoms with Crippen LogP contribution in [0.5, 0.6) is 11.5 Å². The van der Waals surface area contributed by atoms with Crippen LogP contribution in [-0.4, -0.2) is 44.8 Å². The molecular formula is C24H36IN5O2. The second kappa shape index (κ2) is 13.3. The highest BCUT2D eigenvalue weighted by Gasteiger charge is 2.20. The molecule has 0 atom stereocenters. The summed E-state index contributed by atoms with van der Waals surface area (Å²) in [6.07, 6.45) is 4.92. The lowest BCUT2D eigenvalue weighted by Gasteiger charge is -2.19. The molecule has 0 bridgehead atoms. The topological polar surface area (TPSA) is 71.0 Å². The number of halogens is 1. The zero-order valence-electron chi connectivity index (χ0n) is 19.6. The van der Waals surface area contributed by atoms with Gasteiger partial charge < -0.3 is 25.0 Å². The van der Waals surface area contributed by atoms with Crippen molar-refractivity contribution in [3.05, 3.63) is 47.7 Å². The van der Waals surface area contributed by atoms with E-state index in [9.17, 15) is 0 Å². The molecule has 0 amide bonds. The van der Waals surface area contributed by atoms with Crippen molar-refractivity contribution in [1.29, 1.82) is 0 Å². The Hall–Kier alpha value is -2.23. The molecule has 1 fully saturated rings. The van der Waals surface area contributed by atoms with Crippen LogP contribution in [0.4, 0.5) is 5.82 Å². The van der Waals surface area contributed by atoms with Crippen molar-refractivity contribution in [3.8, 4) is 11.5 Å². The van der Waals surface area contributed by atoms with Crippen LogP contribution in [0.25, 0.3) is 0 Å². The normalized spacial score (nSPS) is 13.9.